The number of amides is 2. The van der Waals surface area contributed by atoms with E-state index in [9.17, 15) is 34.7 Å². The predicted molar refractivity (Wildman–Crippen MR) is 174 cm³/mol. The number of carboxylic acid groups (broad SMARTS) is 2. The van der Waals surface area contributed by atoms with E-state index in [1.807, 2.05) is 25.1 Å². The Balaban J connectivity index is 1.28. The number of carboxylic acids is 2. The maximum absolute atomic E-state index is 13.4. The fourth-order valence-electron chi connectivity index (χ4n) is 5.38. The third kappa shape index (κ3) is 7.09. The lowest BCUT2D eigenvalue weighted by Gasteiger charge is -2.22. The van der Waals surface area contributed by atoms with Gasteiger partial charge in [0.25, 0.3) is 5.91 Å². The highest BCUT2D eigenvalue weighted by Gasteiger charge is 2.29. The summed E-state index contributed by atoms with van der Waals surface area (Å²) in [6, 6.07) is 22.7. The molecule has 0 fully saturated rings. The molecule has 2 atom stereocenters. The topological polar surface area (TPSA) is 157 Å². The first kappa shape index (κ1) is 31.5. The Morgan fingerprint density at radius 2 is 1.76 bits per heavy atom. The second-order valence-corrected chi connectivity index (χ2v) is 12.9. The van der Waals surface area contributed by atoms with Gasteiger partial charge in [-0.1, -0.05) is 43.3 Å². The van der Waals surface area contributed by atoms with Gasteiger partial charge in [-0.3, -0.25) is 9.59 Å². The number of nitrogens with one attached hydrogen (secondary N) is 2. The molecule has 0 radical (unpaired) electrons. The summed E-state index contributed by atoms with van der Waals surface area (Å²) in [7, 11) is 0. The van der Waals surface area contributed by atoms with Crippen LogP contribution in [0.1, 0.15) is 78.3 Å². The number of benzene rings is 3. The molecule has 1 aliphatic carbocycles. The molecule has 4 aromatic rings. The molecule has 1 aromatic heterocycles. The van der Waals surface area contributed by atoms with E-state index in [0.29, 0.717) is 33.5 Å². The molecule has 1 aliphatic rings. The van der Waals surface area contributed by atoms with Gasteiger partial charge in [0.1, 0.15) is 11.1 Å². The minimum absolute atomic E-state index is 0.182. The Hall–Kier alpha value is -4.92. The molecule has 9 nitrogen and oxygen atoms in total. The number of aromatic carboxylic acids is 2. The summed E-state index contributed by atoms with van der Waals surface area (Å²) in [5, 5.41) is 34.4. The zero-order valence-corrected chi connectivity index (χ0v) is 25.8. The molecule has 0 spiro atoms. The monoisotopic (exact) mass is 639 g/mol. The van der Waals surface area contributed by atoms with Crippen molar-refractivity contribution in [3.05, 3.63) is 111 Å². The number of hydrogen-bond donors (Lipinski definition) is 4. The van der Waals surface area contributed by atoms with Crippen molar-refractivity contribution in [1.82, 2.24) is 0 Å². The van der Waals surface area contributed by atoms with Crippen molar-refractivity contribution in [2.45, 2.75) is 48.7 Å². The Labute approximate surface area is 267 Å². The van der Waals surface area contributed by atoms with Gasteiger partial charge < -0.3 is 20.8 Å². The molecule has 0 saturated heterocycles. The number of nitriles is 1. The van der Waals surface area contributed by atoms with Crippen LogP contribution in [0.3, 0.4) is 0 Å². The van der Waals surface area contributed by atoms with Crippen molar-refractivity contribution in [3.8, 4) is 6.07 Å². The number of rotatable bonds is 10. The summed E-state index contributed by atoms with van der Waals surface area (Å²) in [6.07, 6.45) is 3.07. The fourth-order valence-corrected chi connectivity index (χ4v) is 7.67. The highest BCUT2D eigenvalue weighted by molar-refractivity contribution is 8.00. The average molecular weight is 640 g/mol. The van der Waals surface area contributed by atoms with Crippen molar-refractivity contribution in [2.75, 3.05) is 10.6 Å². The number of fused-ring (bicyclic) bond motifs is 1. The molecule has 228 valence electrons. The molecule has 2 amide bonds. The minimum Gasteiger partial charge on any atom is -0.478 e. The molecule has 5 rings (SSSR count). The highest BCUT2D eigenvalue weighted by atomic mass is 32.2. The number of carbonyl (C=O) groups excluding carboxylic acids is 2. The number of anilines is 2. The SMILES string of the molecule is CCC(Sc1cccc(NC(=O)c2ccc(C(=O)O)cc2C(=O)O)c1)C(=O)Nc1sc2c(c1C#N)CCC(c1ccccc1)C2. The van der Waals surface area contributed by atoms with Crippen LogP contribution in [0.2, 0.25) is 0 Å². The predicted octanol–water partition coefficient (Wildman–Crippen LogP) is 7.05. The van der Waals surface area contributed by atoms with Crippen molar-refractivity contribution in [3.63, 3.8) is 0 Å². The molecule has 4 N–H and O–H groups in total. The molecular formula is C34H29N3O6S2. The van der Waals surface area contributed by atoms with E-state index in [2.05, 4.69) is 28.8 Å². The van der Waals surface area contributed by atoms with E-state index in [1.165, 1.54) is 34.7 Å². The van der Waals surface area contributed by atoms with Crippen LogP contribution in [-0.4, -0.2) is 39.2 Å². The summed E-state index contributed by atoms with van der Waals surface area (Å²) >= 11 is 2.79. The standard InChI is InChI=1S/C34H29N3O6S2/c1-2-28(31(39)37-32-27(18-35)24-13-11-20(16-29(24)45-32)19-7-4-3-5-8-19)44-23-10-6-9-22(17-23)36-30(38)25-14-12-21(33(40)41)15-26(25)34(42)43/h3-10,12,14-15,17,20,28H,2,11,13,16H2,1H3,(H,36,38)(H,37,39)(H,40,41)(H,42,43). The summed E-state index contributed by atoms with van der Waals surface area (Å²) in [6.45, 7) is 1.90. The third-order valence-corrected chi connectivity index (χ3v) is 10.2. The van der Waals surface area contributed by atoms with Crippen molar-refractivity contribution < 1.29 is 29.4 Å². The van der Waals surface area contributed by atoms with Crippen LogP contribution in [0.5, 0.6) is 0 Å². The van der Waals surface area contributed by atoms with Crippen LogP contribution in [0.4, 0.5) is 10.7 Å². The molecule has 0 aliphatic heterocycles. The number of hydrogen-bond acceptors (Lipinski definition) is 7. The average Bonchev–Trinajstić information content (AvgIpc) is 3.39. The molecule has 11 heteroatoms. The molecule has 3 aromatic carbocycles. The van der Waals surface area contributed by atoms with E-state index in [1.54, 1.807) is 24.3 Å². The van der Waals surface area contributed by atoms with Gasteiger partial charge in [0.15, 0.2) is 0 Å². The van der Waals surface area contributed by atoms with Gasteiger partial charge in [0, 0.05) is 15.5 Å². The molecule has 1 heterocycles. The van der Waals surface area contributed by atoms with Crippen molar-refractivity contribution in [2.24, 2.45) is 0 Å². The van der Waals surface area contributed by atoms with Crippen LogP contribution in [-0.2, 0) is 17.6 Å². The van der Waals surface area contributed by atoms with Crippen LogP contribution in [0.15, 0.2) is 77.7 Å². The quantitative estimate of drug-likeness (QED) is 0.135. The van der Waals surface area contributed by atoms with Crippen molar-refractivity contribution >= 4 is 57.5 Å². The van der Waals surface area contributed by atoms with E-state index in [4.69, 9.17) is 0 Å². The molecule has 0 bridgehead atoms. The van der Waals surface area contributed by atoms with Crippen LogP contribution >= 0.6 is 23.1 Å². The summed E-state index contributed by atoms with van der Waals surface area (Å²) in [4.78, 5) is 51.2. The Bertz CT molecular complexity index is 1830. The molecule has 45 heavy (non-hydrogen) atoms. The van der Waals surface area contributed by atoms with E-state index in [-0.39, 0.29) is 17.0 Å². The highest BCUT2D eigenvalue weighted by Crippen LogP contribution is 2.42. The second-order valence-electron chi connectivity index (χ2n) is 10.5. The van der Waals surface area contributed by atoms with Gasteiger partial charge in [0.05, 0.1) is 27.5 Å². The summed E-state index contributed by atoms with van der Waals surface area (Å²) in [5.74, 6) is -3.29. The second kappa shape index (κ2) is 13.8. The fraction of sp³-hybridized carbons (Fsp3) is 0.206. The number of thioether (sulfide) groups is 1. The van der Waals surface area contributed by atoms with Crippen molar-refractivity contribution in [1.29, 1.82) is 5.26 Å². The van der Waals surface area contributed by atoms with E-state index >= 15 is 0 Å². The minimum atomic E-state index is -1.42. The zero-order chi connectivity index (χ0) is 32.1. The summed E-state index contributed by atoms with van der Waals surface area (Å²) in [5.41, 5.74) is 2.37. The van der Waals surface area contributed by atoms with E-state index in [0.717, 1.165) is 41.8 Å². The largest absolute Gasteiger partial charge is 0.478 e. The maximum atomic E-state index is 13.4. The Kier molecular flexibility index (Phi) is 9.66. The maximum Gasteiger partial charge on any atom is 0.336 e. The number of carbonyl (C=O) groups is 4. The lowest BCUT2D eigenvalue weighted by atomic mass is 9.83. The zero-order valence-electron chi connectivity index (χ0n) is 24.2. The van der Waals surface area contributed by atoms with Gasteiger partial charge in [0.2, 0.25) is 5.91 Å². The van der Waals surface area contributed by atoms with Crippen LogP contribution in [0.25, 0.3) is 0 Å². The van der Waals surface area contributed by atoms with Crippen LogP contribution in [0, 0.1) is 11.3 Å². The first-order valence-corrected chi connectivity index (χ1v) is 16.0. The lowest BCUT2D eigenvalue weighted by molar-refractivity contribution is -0.115. The van der Waals surface area contributed by atoms with E-state index < -0.39 is 28.7 Å². The third-order valence-electron chi connectivity index (χ3n) is 7.66. The summed E-state index contributed by atoms with van der Waals surface area (Å²) < 4.78 is 0. The normalized spacial score (nSPS) is 14.4. The van der Waals surface area contributed by atoms with Gasteiger partial charge in [-0.15, -0.1) is 23.1 Å². The van der Waals surface area contributed by atoms with Gasteiger partial charge in [-0.25, -0.2) is 9.59 Å². The number of nitrogens with zero attached hydrogens (tertiary/aromatic N) is 1. The Morgan fingerprint density at radius 1 is 0.978 bits per heavy atom. The van der Waals surface area contributed by atoms with Gasteiger partial charge in [-0.2, -0.15) is 5.26 Å². The Morgan fingerprint density at radius 3 is 2.44 bits per heavy atom. The smallest absolute Gasteiger partial charge is 0.336 e. The molecule has 2 unspecified atom stereocenters. The number of thiophene rings is 1. The first-order valence-electron chi connectivity index (χ1n) is 14.3. The van der Waals surface area contributed by atoms with Gasteiger partial charge in [-0.05, 0) is 79.1 Å². The molecular weight excluding hydrogens is 611 g/mol. The van der Waals surface area contributed by atoms with Crippen LogP contribution < -0.4 is 10.6 Å². The van der Waals surface area contributed by atoms with Gasteiger partial charge >= 0.3 is 11.9 Å². The lowest BCUT2D eigenvalue weighted by Crippen LogP contribution is -2.24. The molecule has 0 saturated carbocycles. The first-order chi connectivity index (χ1) is 21.7.